The third kappa shape index (κ3) is 3.33. The van der Waals surface area contributed by atoms with Crippen molar-refractivity contribution < 1.29 is 4.74 Å². The molecule has 1 aliphatic rings. The van der Waals surface area contributed by atoms with Gasteiger partial charge >= 0.3 is 0 Å². The number of aromatic nitrogens is 2. The number of nitrogens with one attached hydrogen (secondary N) is 1. The summed E-state index contributed by atoms with van der Waals surface area (Å²) in [4.78, 5) is 0. The molecule has 102 valence electrons. The molecule has 0 amide bonds. The van der Waals surface area contributed by atoms with E-state index in [9.17, 15) is 0 Å². The molecule has 18 heavy (non-hydrogen) atoms. The molecule has 1 aromatic heterocycles. The zero-order valence-corrected chi connectivity index (χ0v) is 12.0. The second-order valence-corrected chi connectivity index (χ2v) is 6.19. The lowest BCUT2D eigenvalue weighted by Gasteiger charge is -2.24. The average Bonchev–Trinajstić information content (AvgIpc) is 2.69. The van der Waals surface area contributed by atoms with Gasteiger partial charge in [0.1, 0.15) is 0 Å². The van der Waals surface area contributed by atoms with Crippen molar-refractivity contribution >= 4 is 0 Å². The van der Waals surface area contributed by atoms with E-state index in [1.165, 1.54) is 11.3 Å². The first-order valence-electron chi connectivity index (χ1n) is 6.81. The van der Waals surface area contributed by atoms with Gasteiger partial charge in [0.05, 0.1) is 5.69 Å². The second-order valence-electron chi connectivity index (χ2n) is 6.19. The van der Waals surface area contributed by atoms with Gasteiger partial charge in [0.25, 0.3) is 0 Å². The Bertz CT molecular complexity index is 386. The largest absolute Gasteiger partial charge is 0.381 e. The maximum absolute atomic E-state index is 5.38. The highest BCUT2D eigenvalue weighted by Crippen LogP contribution is 2.24. The standard InChI is InChI=1S/C14H25N3O/c1-14(2,3)13-11(10-17(4)16-13)9-15-12-5-7-18-8-6-12/h10,12,15H,5-9H2,1-4H3. The molecule has 1 fully saturated rings. The topological polar surface area (TPSA) is 39.1 Å². The maximum Gasteiger partial charge on any atom is 0.0722 e. The van der Waals surface area contributed by atoms with E-state index in [0.29, 0.717) is 6.04 Å². The summed E-state index contributed by atoms with van der Waals surface area (Å²) < 4.78 is 7.30. The minimum atomic E-state index is 0.105. The fourth-order valence-electron chi connectivity index (χ4n) is 2.45. The summed E-state index contributed by atoms with van der Waals surface area (Å²) in [6, 6.07) is 0.590. The summed E-state index contributed by atoms with van der Waals surface area (Å²) in [6.45, 7) is 9.33. The Morgan fingerprint density at radius 1 is 1.39 bits per heavy atom. The van der Waals surface area contributed by atoms with E-state index in [-0.39, 0.29) is 5.41 Å². The van der Waals surface area contributed by atoms with Gasteiger partial charge in [0.15, 0.2) is 0 Å². The first-order valence-corrected chi connectivity index (χ1v) is 6.81. The van der Waals surface area contributed by atoms with E-state index in [4.69, 9.17) is 4.74 Å². The fourth-order valence-corrected chi connectivity index (χ4v) is 2.45. The van der Waals surface area contributed by atoms with Crippen LogP contribution in [0.4, 0.5) is 0 Å². The Morgan fingerprint density at radius 2 is 2.06 bits per heavy atom. The number of aryl methyl sites for hydroxylation is 1. The summed E-state index contributed by atoms with van der Waals surface area (Å²) in [7, 11) is 1.99. The maximum atomic E-state index is 5.38. The van der Waals surface area contributed by atoms with Gasteiger partial charge in [0.2, 0.25) is 0 Å². The molecule has 2 rings (SSSR count). The van der Waals surface area contributed by atoms with Crippen molar-refractivity contribution in [3.63, 3.8) is 0 Å². The lowest BCUT2D eigenvalue weighted by Crippen LogP contribution is -2.34. The molecule has 0 atom stereocenters. The molecule has 1 N–H and O–H groups in total. The van der Waals surface area contributed by atoms with Crippen molar-refractivity contribution in [3.8, 4) is 0 Å². The molecule has 2 heterocycles. The van der Waals surface area contributed by atoms with Crippen LogP contribution in [0.1, 0.15) is 44.9 Å². The number of hydrogen-bond acceptors (Lipinski definition) is 3. The smallest absolute Gasteiger partial charge is 0.0722 e. The minimum absolute atomic E-state index is 0.105. The SMILES string of the molecule is Cn1cc(CNC2CCOCC2)c(C(C)(C)C)n1. The molecule has 1 aromatic rings. The molecule has 0 aliphatic carbocycles. The minimum Gasteiger partial charge on any atom is -0.381 e. The van der Waals surface area contributed by atoms with Gasteiger partial charge in [-0.05, 0) is 12.8 Å². The first-order chi connectivity index (χ1) is 8.47. The van der Waals surface area contributed by atoms with Crippen LogP contribution >= 0.6 is 0 Å². The Balaban J connectivity index is 2.00. The highest BCUT2D eigenvalue weighted by Gasteiger charge is 2.22. The molecular formula is C14H25N3O. The van der Waals surface area contributed by atoms with Gasteiger partial charge in [-0.2, -0.15) is 5.10 Å². The molecule has 0 bridgehead atoms. The highest BCUT2D eigenvalue weighted by molar-refractivity contribution is 5.23. The molecule has 0 aromatic carbocycles. The van der Waals surface area contributed by atoms with E-state index in [0.717, 1.165) is 32.6 Å². The summed E-state index contributed by atoms with van der Waals surface area (Å²) in [5.41, 5.74) is 2.62. The summed E-state index contributed by atoms with van der Waals surface area (Å²) in [5.74, 6) is 0. The Labute approximate surface area is 110 Å². The van der Waals surface area contributed by atoms with E-state index < -0.39 is 0 Å². The van der Waals surface area contributed by atoms with Crippen molar-refractivity contribution in [2.75, 3.05) is 13.2 Å². The monoisotopic (exact) mass is 251 g/mol. The average molecular weight is 251 g/mol. The summed E-state index contributed by atoms with van der Waals surface area (Å²) in [6.07, 6.45) is 4.36. The Hall–Kier alpha value is -0.870. The zero-order valence-electron chi connectivity index (χ0n) is 12.0. The van der Waals surface area contributed by atoms with Gasteiger partial charge in [-0.15, -0.1) is 0 Å². The van der Waals surface area contributed by atoms with Crippen LogP contribution < -0.4 is 5.32 Å². The molecule has 0 spiro atoms. The van der Waals surface area contributed by atoms with Crippen LogP contribution in [0.25, 0.3) is 0 Å². The third-order valence-corrected chi connectivity index (χ3v) is 3.42. The second kappa shape index (κ2) is 5.41. The van der Waals surface area contributed by atoms with Gasteiger partial charge < -0.3 is 10.1 Å². The lowest BCUT2D eigenvalue weighted by atomic mass is 9.89. The van der Waals surface area contributed by atoms with Crippen molar-refractivity contribution in [3.05, 3.63) is 17.5 Å². The highest BCUT2D eigenvalue weighted by atomic mass is 16.5. The van der Waals surface area contributed by atoms with E-state index >= 15 is 0 Å². The Kier molecular flexibility index (Phi) is 4.07. The van der Waals surface area contributed by atoms with Gasteiger partial charge in [-0.25, -0.2) is 0 Å². The van der Waals surface area contributed by atoms with Crippen LogP contribution in [0, 0.1) is 0 Å². The zero-order chi connectivity index (χ0) is 13.2. The predicted octanol–water partition coefficient (Wildman–Crippen LogP) is 1.99. The lowest BCUT2D eigenvalue weighted by molar-refractivity contribution is 0.0775. The van der Waals surface area contributed by atoms with Crippen LogP contribution in [0.5, 0.6) is 0 Å². The molecule has 4 heteroatoms. The molecule has 1 aliphatic heterocycles. The summed E-state index contributed by atoms with van der Waals surface area (Å²) >= 11 is 0. The van der Waals surface area contributed by atoms with Crippen molar-refractivity contribution in [1.82, 2.24) is 15.1 Å². The van der Waals surface area contributed by atoms with Crippen LogP contribution in [-0.4, -0.2) is 29.0 Å². The van der Waals surface area contributed by atoms with Crippen LogP contribution in [0.2, 0.25) is 0 Å². The molecular weight excluding hydrogens is 226 g/mol. The van der Waals surface area contributed by atoms with Gasteiger partial charge in [-0.1, -0.05) is 20.8 Å². The van der Waals surface area contributed by atoms with E-state index in [1.807, 2.05) is 11.7 Å². The van der Waals surface area contributed by atoms with Gasteiger partial charge in [-0.3, -0.25) is 4.68 Å². The van der Waals surface area contributed by atoms with Crippen molar-refractivity contribution in [1.29, 1.82) is 0 Å². The predicted molar refractivity (Wildman–Crippen MR) is 72.6 cm³/mol. The normalized spacial score (nSPS) is 18.2. The molecule has 1 saturated heterocycles. The summed E-state index contributed by atoms with van der Waals surface area (Å²) in [5, 5.41) is 8.23. The van der Waals surface area contributed by atoms with Crippen LogP contribution in [0.15, 0.2) is 6.20 Å². The molecule has 0 saturated carbocycles. The number of nitrogens with zero attached hydrogens (tertiary/aromatic N) is 2. The molecule has 0 radical (unpaired) electrons. The Morgan fingerprint density at radius 3 is 2.67 bits per heavy atom. The fraction of sp³-hybridized carbons (Fsp3) is 0.786. The number of ether oxygens (including phenoxy) is 1. The first kappa shape index (κ1) is 13.6. The van der Waals surface area contributed by atoms with E-state index in [1.54, 1.807) is 0 Å². The van der Waals surface area contributed by atoms with Crippen molar-refractivity contribution in [2.24, 2.45) is 7.05 Å². The van der Waals surface area contributed by atoms with Gasteiger partial charge in [0, 0.05) is 50.0 Å². The number of hydrogen-bond donors (Lipinski definition) is 1. The quantitative estimate of drug-likeness (QED) is 0.893. The van der Waals surface area contributed by atoms with Crippen LogP contribution in [-0.2, 0) is 23.7 Å². The van der Waals surface area contributed by atoms with Crippen LogP contribution in [0.3, 0.4) is 0 Å². The third-order valence-electron chi connectivity index (χ3n) is 3.42. The number of rotatable bonds is 3. The van der Waals surface area contributed by atoms with Crippen molar-refractivity contribution in [2.45, 2.75) is 51.6 Å². The molecule has 4 nitrogen and oxygen atoms in total. The molecule has 0 unspecified atom stereocenters. The van der Waals surface area contributed by atoms with E-state index in [2.05, 4.69) is 37.4 Å².